The van der Waals surface area contributed by atoms with Crippen LogP contribution in [0, 0.1) is 17.2 Å². The number of rotatable bonds is 4. The summed E-state index contributed by atoms with van der Waals surface area (Å²) in [7, 11) is 0. The highest BCUT2D eigenvalue weighted by molar-refractivity contribution is 5.41. The lowest BCUT2D eigenvalue weighted by Gasteiger charge is -2.21. The van der Waals surface area contributed by atoms with Crippen LogP contribution in [0.15, 0.2) is 36.5 Å². The van der Waals surface area contributed by atoms with Gasteiger partial charge in [0.15, 0.2) is 17.2 Å². The second-order valence-corrected chi connectivity index (χ2v) is 5.27. The molecule has 0 bridgehead atoms. The Bertz CT molecular complexity index is 814. The molecule has 1 unspecified atom stereocenters. The first kappa shape index (κ1) is 13.9. The van der Waals surface area contributed by atoms with Crippen molar-refractivity contribution in [3.8, 4) is 6.07 Å². The minimum absolute atomic E-state index is 0.0698. The number of hydrogen-bond donors (Lipinski definition) is 1. The van der Waals surface area contributed by atoms with Crippen molar-refractivity contribution in [3.63, 3.8) is 0 Å². The average Bonchev–Trinajstić information content (AvgIpc) is 2.96. The maximum atomic E-state index is 8.77. The predicted octanol–water partition coefficient (Wildman–Crippen LogP) is 2.20. The number of anilines is 1. The van der Waals surface area contributed by atoms with Crippen LogP contribution in [0.4, 0.5) is 5.82 Å². The normalized spacial score (nSPS) is 12.3. The molecule has 0 aliphatic rings. The molecule has 0 aliphatic carbocycles. The molecule has 3 heterocycles. The molecule has 0 radical (unpaired) electrons. The van der Waals surface area contributed by atoms with Gasteiger partial charge in [-0.3, -0.25) is 4.40 Å². The molecule has 7 heteroatoms. The number of nitrogens with one attached hydrogen (secondary N) is 1. The smallest absolute Gasteiger partial charge is 0.163 e. The summed E-state index contributed by atoms with van der Waals surface area (Å²) in [5.74, 6) is 1.69. The van der Waals surface area contributed by atoms with Crippen LogP contribution in [-0.4, -0.2) is 24.8 Å². The molecule has 0 aromatic carbocycles. The van der Waals surface area contributed by atoms with Crippen LogP contribution < -0.4 is 5.32 Å². The van der Waals surface area contributed by atoms with E-state index in [1.807, 2.05) is 34.9 Å². The Hall–Kier alpha value is -3.01. The summed E-state index contributed by atoms with van der Waals surface area (Å²) in [5.41, 5.74) is 1.09. The van der Waals surface area contributed by atoms with Gasteiger partial charge in [-0.05, 0) is 30.2 Å². The maximum absolute atomic E-state index is 8.77. The summed E-state index contributed by atoms with van der Waals surface area (Å²) in [6.07, 6.45) is 1.94. The largest absolute Gasteiger partial charge is 0.358 e. The summed E-state index contributed by atoms with van der Waals surface area (Å²) >= 11 is 0. The second kappa shape index (κ2) is 5.77. The third-order valence-corrected chi connectivity index (χ3v) is 3.37. The average molecular weight is 293 g/mol. The van der Waals surface area contributed by atoms with Gasteiger partial charge < -0.3 is 5.32 Å². The maximum Gasteiger partial charge on any atom is 0.163 e. The number of nitrogens with zero attached hydrogens (tertiary/aromatic N) is 6. The second-order valence-electron chi connectivity index (χ2n) is 5.27. The van der Waals surface area contributed by atoms with Crippen molar-refractivity contribution in [2.24, 2.45) is 5.92 Å². The molecule has 7 nitrogen and oxygen atoms in total. The number of pyridine rings is 1. The summed E-state index contributed by atoms with van der Waals surface area (Å²) in [6, 6.07) is 11.0. The lowest BCUT2D eigenvalue weighted by atomic mass is 10.0. The molecule has 0 fully saturated rings. The van der Waals surface area contributed by atoms with Crippen molar-refractivity contribution in [1.29, 1.82) is 5.26 Å². The molecule has 1 N–H and O–H groups in total. The van der Waals surface area contributed by atoms with Gasteiger partial charge in [0.25, 0.3) is 0 Å². The highest BCUT2D eigenvalue weighted by Gasteiger charge is 2.22. The van der Waals surface area contributed by atoms with Crippen LogP contribution in [0.25, 0.3) is 5.65 Å². The van der Waals surface area contributed by atoms with Crippen LogP contribution >= 0.6 is 0 Å². The molecule has 3 aromatic rings. The fourth-order valence-corrected chi connectivity index (χ4v) is 2.23. The van der Waals surface area contributed by atoms with Crippen LogP contribution in [0.2, 0.25) is 0 Å². The Morgan fingerprint density at radius 1 is 1.09 bits per heavy atom. The van der Waals surface area contributed by atoms with E-state index in [9.17, 15) is 0 Å². The number of aromatic nitrogens is 5. The van der Waals surface area contributed by atoms with Crippen molar-refractivity contribution >= 4 is 11.5 Å². The molecule has 0 amide bonds. The molecule has 22 heavy (non-hydrogen) atoms. The van der Waals surface area contributed by atoms with E-state index < -0.39 is 0 Å². The zero-order valence-electron chi connectivity index (χ0n) is 12.3. The molecular weight excluding hydrogens is 278 g/mol. The Morgan fingerprint density at radius 3 is 2.64 bits per heavy atom. The number of fused-ring (bicyclic) bond motifs is 1. The van der Waals surface area contributed by atoms with E-state index in [2.05, 4.69) is 39.6 Å². The first-order valence-corrected chi connectivity index (χ1v) is 6.99. The van der Waals surface area contributed by atoms with Gasteiger partial charge in [-0.2, -0.15) is 5.26 Å². The minimum atomic E-state index is -0.0698. The van der Waals surface area contributed by atoms with E-state index in [4.69, 9.17) is 5.26 Å². The fraction of sp³-hybridized carbons (Fsp3) is 0.267. The van der Waals surface area contributed by atoms with E-state index >= 15 is 0 Å². The van der Waals surface area contributed by atoms with E-state index in [1.165, 1.54) is 0 Å². The topological polar surface area (TPSA) is 91.8 Å². The van der Waals surface area contributed by atoms with Gasteiger partial charge in [-0.25, -0.2) is 0 Å². The van der Waals surface area contributed by atoms with Gasteiger partial charge in [0.05, 0.1) is 6.04 Å². The van der Waals surface area contributed by atoms with Gasteiger partial charge in [-0.1, -0.05) is 19.9 Å². The molecule has 0 spiro atoms. The quantitative estimate of drug-likeness (QED) is 0.792. The van der Waals surface area contributed by atoms with Gasteiger partial charge in [0.1, 0.15) is 11.9 Å². The molecule has 0 aliphatic heterocycles. The van der Waals surface area contributed by atoms with Gasteiger partial charge in [-0.15, -0.1) is 20.4 Å². The van der Waals surface area contributed by atoms with Gasteiger partial charge in [0.2, 0.25) is 0 Å². The predicted molar refractivity (Wildman–Crippen MR) is 80.9 cm³/mol. The number of nitriles is 1. The van der Waals surface area contributed by atoms with Crippen LogP contribution in [0.5, 0.6) is 0 Å². The fourth-order valence-electron chi connectivity index (χ4n) is 2.23. The molecule has 3 rings (SSSR count). The van der Waals surface area contributed by atoms with Crippen molar-refractivity contribution in [2.45, 2.75) is 19.9 Å². The van der Waals surface area contributed by atoms with Gasteiger partial charge >= 0.3 is 0 Å². The van der Waals surface area contributed by atoms with Crippen molar-refractivity contribution in [3.05, 3.63) is 48.0 Å². The Kier molecular flexibility index (Phi) is 3.66. The molecule has 0 saturated heterocycles. The van der Waals surface area contributed by atoms with E-state index in [0.29, 0.717) is 11.5 Å². The first-order valence-electron chi connectivity index (χ1n) is 6.99. The monoisotopic (exact) mass is 293 g/mol. The number of hydrogen-bond acceptors (Lipinski definition) is 6. The molecule has 0 saturated carbocycles. The zero-order chi connectivity index (χ0) is 15.5. The van der Waals surface area contributed by atoms with Crippen molar-refractivity contribution in [1.82, 2.24) is 24.8 Å². The zero-order valence-corrected chi connectivity index (χ0v) is 12.3. The van der Waals surface area contributed by atoms with E-state index in [0.717, 1.165) is 11.5 Å². The minimum Gasteiger partial charge on any atom is -0.358 e. The third kappa shape index (κ3) is 2.59. The van der Waals surface area contributed by atoms with E-state index in [1.54, 1.807) is 12.1 Å². The van der Waals surface area contributed by atoms with Crippen LogP contribution in [0.3, 0.4) is 0 Å². The standard InChI is InChI=1S/C15H15N7/c1-10(2)14(17-12-7-6-11(9-16)18-19-12)15-21-20-13-5-3-4-8-22(13)15/h3-8,10,14H,1-2H3,(H,17,19). The summed E-state index contributed by atoms with van der Waals surface area (Å²) in [6.45, 7) is 4.19. The SMILES string of the molecule is CC(C)C(Nc1ccc(C#N)nn1)c1nnc2ccccn12. The van der Waals surface area contributed by atoms with Crippen molar-refractivity contribution in [2.75, 3.05) is 5.32 Å². The van der Waals surface area contributed by atoms with E-state index in [-0.39, 0.29) is 12.0 Å². The van der Waals surface area contributed by atoms with Gasteiger partial charge in [0, 0.05) is 6.20 Å². The third-order valence-electron chi connectivity index (χ3n) is 3.37. The molecule has 1 atom stereocenters. The molecule has 3 aromatic heterocycles. The Labute approximate surface area is 127 Å². The summed E-state index contributed by atoms with van der Waals surface area (Å²) in [4.78, 5) is 0. The Morgan fingerprint density at radius 2 is 1.95 bits per heavy atom. The molecule has 110 valence electrons. The molecular formula is C15H15N7. The highest BCUT2D eigenvalue weighted by Crippen LogP contribution is 2.24. The summed E-state index contributed by atoms with van der Waals surface area (Å²) < 4.78 is 1.95. The first-order chi connectivity index (χ1) is 10.7. The van der Waals surface area contributed by atoms with Crippen LogP contribution in [-0.2, 0) is 0 Å². The van der Waals surface area contributed by atoms with Crippen LogP contribution in [0.1, 0.15) is 31.4 Å². The highest BCUT2D eigenvalue weighted by atomic mass is 15.3. The summed E-state index contributed by atoms with van der Waals surface area (Å²) in [5, 5.41) is 28.4. The van der Waals surface area contributed by atoms with Crippen molar-refractivity contribution < 1.29 is 0 Å². The lowest BCUT2D eigenvalue weighted by molar-refractivity contribution is 0.515. The Balaban J connectivity index is 1.94. The lowest BCUT2D eigenvalue weighted by Crippen LogP contribution is -2.20.